The molecule has 3 N–H and O–H groups in total. The summed E-state index contributed by atoms with van der Waals surface area (Å²) in [4.78, 5) is 33.3. The molecule has 0 radical (unpaired) electrons. The molecule has 2 heterocycles. The quantitative estimate of drug-likeness (QED) is 0.423. The zero-order valence-electron chi connectivity index (χ0n) is 22.9. The third-order valence-electron chi connectivity index (χ3n) is 6.65. The predicted octanol–water partition coefficient (Wildman–Crippen LogP) is 0.499. The van der Waals surface area contributed by atoms with Gasteiger partial charge in [0, 0.05) is 11.3 Å². The van der Waals surface area contributed by atoms with Gasteiger partial charge in [0.25, 0.3) is 0 Å². The molecule has 3 rings (SSSR count). The molecular weight excluding hydrogens is 541 g/mol. The number of nitrogens with one attached hydrogen (secondary N) is 2. The number of carboxylic acids is 1. The van der Waals surface area contributed by atoms with E-state index in [2.05, 4.69) is 24.0 Å². The summed E-state index contributed by atoms with van der Waals surface area (Å²) in [5, 5.41) is 24.8. The number of carbonyl (C=O) groups excluding carboxylic acids is 2. The van der Waals surface area contributed by atoms with E-state index < -0.39 is 35.8 Å². The molecule has 1 aliphatic rings. The van der Waals surface area contributed by atoms with Gasteiger partial charge in [0.15, 0.2) is 9.92 Å². The van der Waals surface area contributed by atoms with E-state index in [1.807, 2.05) is 33.9 Å². The molecule has 2 aromatic heterocycles. The van der Waals surface area contributed by atoms with E-state index >= 15 is 0 Å². The van der Waals surface area contributed by atoms with Gasteiger partial charge < -0.3 is 20.3 Å². The van der Waals surface area contributed by atoms with Gasteiger partial charge in [-0.15, -0.1) is 15.7 Å². The molecule has 0 spiro atoms. The van der Waals surface area contributed by atoms with Crippen molar-refractivity contribution in [2.75, 3.05) is 5.32 Å². The molecule has 0 fully saturated rings. The van der Waals surface area contributed by atoms with Crippen LogP contribution in [0.5, 0.6) is 0 Å². The molecule has 14 heteroatoms. The average molecular weight is 576 g/mol. The Kier molecular flexibility index (Phi) is 9.63. The summed E-state index contributed by atoms with van der Waals surface area (Å²) in [5.41, 5.74) is 0.465. The van der Waals surface area contributed by atoms with Crippen molar-refractivity contribution in [2.24, 2.45) is 4.36 Å². The van der Waals surface area contributed by atoms with E-state index in [0.29, 0.717) is 29.2 Å². The first-order valence-corrected chi connectivity index (χ1v) is 17.0. The van der Waals surface area contributed by atoms with Crippen molar-refractivity contribution < 1.29 is 53.6 Å². The molecule has 10 nitrogen and oxygen atoms in total. The summed E-state index contributed by atoms with van der Waals surface area (Å²) in [7, 11) is -5.94. The van der Waals surface area contributed by atoms with E-state index in [0.717, 1.165) is 23.3 Å². The van der Waals surface area contributed by atoms with Crippen LogP contribution < -0.4 is 44.4 Å². The van der Waals surface area contributed by atoms with Crippen LogP contribution in [-0.4, -0.2) is 39.5 Å². The minimum atomic E-state index is -3.50. The molecule has 0 saturated heterocycles. The van der Waals surface area contributed by atoms with E-state index in [4.69, 9.17) is 0 Å². The number of hydrogen-bond donors (Lipinski definition) is 3. The molecular formula is C23H34N5NaO5S2Si. The van der Waals surface area contributed by atoms with E-state index in [9.17, 15) is 24.0 Å². The average Bonchev–Trinajstić information content (AvgIpc) is 3.37. The second kappa shape index (κ2) is 11.1. The van der Waals surface area contributed by atoms with Gasteiger partial charge in [-0.25, -0.2) is 18.4 Å². The number of fused-ring (bicyclic) bond motifs is 1. The number of carboxylic acid groups (broad SMARTS) is 1. The van der Waals surface area contributed by atoms with Crippen LogP contribution in [0.2, 0.25) is 18.1 Å². The number of carbonyl (C=O) groups is 2. The van der Waals surface area contributed by atoms with Crippen LogP contribution in [0, 0.1) is 6.92 Å². The smallest absolute Gasteiger partial charge is 0.543 e. The normalized spacial score (nSPS) is 15.4. The number of hydrogen-bond acceptors (Lipinski definition) is 8. The molecule has 2 aromatic rings. The van der Waals surface area contributed by atoms with E-state index in [1.165, 1.54) is 6.20 Å². The largest absolute Gasteiger partial charge is 1.00 e. The number of amides is 2. The Labute approximate surface area is 245 Å². The number of urea groups is 1. The topological polar surface area (TPSA) is 157 Å². The number of pyridine rings is 1. The summed E-state index contributed by atoms with van der Waals surface area (Å²) in [6, 6.07) is -0.878. The molecule has 0 saturated carbocycles. The van der Waals surface area contributed by atoms with Gasteiger partial charge in [0.2, 0.25) is 0 Å². The predicted molar refractivity (Wildman–Crippen MR) is 141 cm³/mol. The van der Waals surface area contributed by atoms with E-state index in [-0.39, 0.29) is 50.1 Å². The van der Waals surface area contributed by atoms with Crippen LogP contribution >= 0.6 is 11.3 Å². The fourth-order valence-corrected chi connectivity index (χ4v) is 10.6. The van der Waals surface area contributed by atoms with Gasteiger partial charge in [0.1, 0.15) is 23.1 Å². The Bertz CT molecular complexity index is 1340. The molecule has 37 heavy (non-hydrogen) atoms. The molecule has 0 bridgehead atoms. The van der Waals surface area contributed by atoms with Crippen LogP contribution in [0.4, 0.5) is 10.5 Å². The number of nitrogens with zero attached hydrogens (tertiary/aromatic N) is 3. The maximum absolute atomic E-state index is 14.4. The third kappa shape index (κ3) is 6.88. The number of anilines is 1. The molecule has 1 unspecified atom stereocenters. The van der Waals surface area contributed by atoms with Crippen molar-refractivity contribution >= 4 is 47.2 Å². The Hall–Kier alpha value is -1.19. The summed E-state index contributed by atoms with van der Waals surface area (Å²) in [6.45, 7) is 14.8. The van der Waals surface area contributed by atoms with Gasteiger partial charge in [-0.1, -0.05) is 33.9 Å². The third-order valence-corrected chi connectivity index (χ3v) is 16.7. The first kappa shape index (κ1) is 32.0. The Balaban J connectivity index is 0.00000481. The zero-order chi connectivity index (χ0) is 27.3. The number of aryl methyl sites for hydroxylation is 1. The van der Waals surface area contributed by atoms with Gasteiger partial charge in [-0.05, 0) is 50.6 Å². The molecule has 0 aromatic carbocycles. The first-order chi connectivity index (χ1) is 16.4. The minimum absolute atomic E-state index is 0. The Morgan fingerprint density at radius 2 is 1.84 bits per heavy atom. The molecule has 0 aliphatic heterocycles. The van der Waals surface area contributed by atoms with E-state index in [1.54, 1.807) is 20.8 Å². The number of aliphatic hydroxyl groups is 1. The maximum Gasteiger partial charge on any atom is 1.00 e. The zero-order valence-corrected chi connectivity index (χ0v) is 27.6. The van der Waals surface area contributed by atoms with Crippen LogP contribution in [0.15, 0.2) is 14.8 Å². The number of rotatable bonds is 6. The van der Waals surface area contributed by atoms with Gasteiger partial charge in [-0.3, -0.25) is 4.98 Å². The monoisotopic (exact) mass is 575 g/mol. The summed E-state index contributed by atoms with van der Waals surface area (Å²) in [5.74, 6) is -1.43. The summed E-state index contributed by atoms with van der Waals surface area (Å²) >= 11 is 1.03. The molecule has 2 amide bonds. The Morgan fingerprint density at radius 1 is 1.22 bits per heavy atom. The Morgan fingerprint density at radius 3 is 2.35 bits per heavy atom. The molecule has 1 aliphatic carbocycles. The van der Waals surface area contributed by atoms with Crippen LogP contribution in [0.25, 0.3) is 0 Å². The molecule has 198 valence electrons. The second-order valence-electron chi connectivity index (χ2n) is 11.1. The van der Waals surface area contributed by atoms with Crippen molar-refractivity contribution in [3.05, 3.63) is 33.7 Å². The molecule has 1 atom stereocenters. The van der Waals surface area contributed by atoms with Crippen molar-refractivity contribution in [3.8, 4) is 0 Å². The van der Waals surface area contributed by atoms with Crippen molar-refractivity contribution in [3.63, 3.8) is 0 Å². The fourth-order valence-electron chi connectivity index (χ4n) is 3.59. The summed E-state index contributed by atoms with van der Waals surface area (Å²) < 4.78 is 21.9. The number of aromatic carboxylic acids is 1. The SMILES string of the molecule is Cc1c(C(=O)[O-])nc2c(c1NC(=O)N=S(=O)(N[Si](C)(C)C(C)(C)C)c1cnc(C(C)(C)O)s1)CCC2.[Na+]. The van der Waals surface area contributed by atoms with Gasteiger partial charge in [0.05, 0.1) is 23.5 Å². The maximum atomic E-state index is 14.4. The standard InChI is InChI=1S/C23H35N5O5S2Si.Na/c1-13-17(14-10-9-11-15(14)25-18(13)19(29)30)26-21(31)27-35(33,28-36(7,8)22(2,3)4)16-12-24-20(34-16)23(5,6)32;/h12,32H,9-11H2,1-8H3,(H,29,30)(H2,25,26,27,28,31,33);/q;+1/p-1. The van der Waals surface area contributed by atoms with Crippen molar-refractivity contribution in [1.82, 2.24) is 14.4 Å². The van der Waals surface area contributed by atoms with Gasteiger partial charge in [-0.2, -0.15) is 0 Å². The van der Waals surface area contributed by atoms with Crippen molar-refractivity contribution in [1.29, 1.82) is 0 Å². The number of aromatic nitrogens is 2. The van der Waals surface area contributed by atoms with Crippen LogP contribution in [-0.2, 0) is 28.4 Å². The van der Waals surface area contributed by atoms with Crippen molar-refractivity contribution in [2.45, 2.75) is 88.7 Å². The summed E-state index contributed by atoms with van der Waals surface area (Å²) in [6.07, 6.45) is 3.39. The van der Waals surface area contributed by atoms with Crippen LogP contribution in [0.1, 0.15) is 73.4 Å². The first-order valence-electron chi connectivity index (χ1n) is 11.7. The number of thiazole rings is 1. The minimum Gasteiger partial charge on any atom is -0.543 e. The van der Waals surface area contributed by atoms with Crippen LogP contribution in [0.3, 0.4) is 0 Å². The fraction of sp³-hybridized carbons (Fsp3) is 0.565. The second-order valence-corrected chi connectivity index (χ2v) is 19.6. The van der Waals surface area contributed by atoms with Gasteiger partial charge >= 0.3 is 35.6 Å².